The summed E-state index contributed by atoms with van der Waals surface area (Å²) in [4.78, 5) is 24.0. The number of nitrogens with one attached hydrogen (secondary N) is 3. The first-order valence-electron chi connectivity index (χ1n) is 8.46. The number of nitrogens with two attached hydrogens (primary N) is 1. The highest BCUT2D eigenvalue weighted by Crippen LogP contribution is 2.22. The lowest BCUT2D eigenvalue weighted by Gasteiger charge is -2.18. The lowest BCUT2D eigenvalue weighted by Crippen LogP contribution is -2.27. The molecule has 0 fully saturated rings. The van der Waals surface area contributed by atoms with Gasteiger partial charge in [0, 0.05) is 17.1 Å². The largest absolute Gasteiger partial charge is 0.370 e. The number of anilines is 3. The minimum atomic E-state index is -0.667. The van der Waals surface area contributed by atoms with Crippen LogP contribution in [-0.2, 0) is 4.79 Å². The highest BCUT2D eigenvalue weighted by Gasteiger charge is 2.17. The van der Waals surface area contributed by atoms with Gasteiger partial charge in [-0.1, -0.05) is 54.6 Å². The molecule has 0 aromatic heterocycles. The number of carbonyl (C=O) groups is 2. The lowest BCUT2D eigenvalue weighted by atomic mass is 10.1. The first-order valence-corrected chi connectivity index (χ1v) is 8.46. The Bertz CT molecular complexity index is 914. The van der Waals surface area contributed by atoms with E-state index >= 15 is 0 Å². The molecule has 0 radical (unpaired) electrons. The van der Waals surface area contributed by atoms with Crippen molar-refractivity contribution >= 4 is 29.0 Å². The third kappa shape index (κ3) is 5.09. The summed E-state index contributed by atoms with van der Waals surface area (Å²) in [5.41, 5.74) is 8.26. The zero-order valence-corrected chi connectivity index (χ0v) is 14.6. The number of carbonyl (C=O) groups excluding carboxylic acids is 2. The van der Waals surface area contributed by atoms with Crippen LogP contribution in [0.15, 0.2) is 84.9 Å². The van der Waals surface area contributed by atoms with E-state index in [1.54, 1.807) is 36.4 Å². The van der Waals surface area contributed by atoms with Gasteiger partial charge < -0.3 is 21.7 Å². The minimum absolute atomic E-state index is 0.354. The highest BCUT2D eigenvalue weighted by atomic mass is 16.2. The molecule has 0 aliphatic carbocycles. The predicted octanol–water partition coefficient (Wildman–Crippen LogP) is 3.97. The summed E-state index contributed by atoms with van der Waals surface area (Å²) in [5.74, 6) is -0.485. The van der Waals surface area contributed by atoms with E-state index in [2.05, 4.69) is 16.0 Å². The van der Waals surface area contributed by atoms with Crippen LogP contribution in [0.3, 0.4) is 0 Å². The van der Waals surface area contributed by atoms with Gasteiger partial charge in [0.25, 0.3) is 0 Å². The van der Waals surface area contributed by atoms with Gasteiger partial charge in [0.1, 0.15) is 6.04 Å². The Morgan fingerprint density at radius 2 is 1.26 bits per heavy atom. The van der Waals surface area contributed by atoms with Gasteiger partial charge in [0.05, 0.1) is 0 Å². The average molecular weight is 360 g/mol. The van der Waals surface area contributed by atoms with E-state index in [1.807, 2.05) is 48.5 Å². The van der Waals surface area contributed by atoms with E-state index < -0.39 is 11.9 Å². The fourth-order valence-corrected chi connectivity index (χ4v) is 2.63. The summed E-state index contributed by atoms with van der Waals surface area (Å²) < 4.78 is 0. The Morgan fingerprint density at radius 1 is 0.704 bits per heavy atom. The van der Waals surface area contributed by atoms with Gasteiger partial charge in [-0.2, -0.15) is 0 Å². The normalized spacial score (nSPS) is 11.3. The quantitative estimate of drug-likeness (QED) is 0.535. The Hall–Kier alpha value is -3.80. The number of urea groups is 1. The fraction of sp³-hybridized carbons (Fsp3) is 0.0476. The van der Waals surface area contributed by atoms with Crippen molar-refractivity contribution in [2.75, 3.05) is 16.0 Å². The van der Waals surface area contributed by atoms with Crippen molar-refractivity contribution in [1.29, 1.82) is 0 Å². The van der Waals surface area contributed by atoms with Crippen molar-refractivity contribution in [2.45, 2.75) is 6.04 Å². The Kier molecular flexibility index (Phi) is 5.69. The second kappa shape index (κ2) is 8.53. The van der Waals surface area contributed by atoms with Crippen LogP contribution in [0.5, 0.6) is 0 Å². The molecule has 0 aliphatic heterocycles. The van der Waals surface area contributed by atoms with Crippen LogP contribution in [-0.4, -0.2) is 11.9 Å². The summed E-state index contributed by atoms with van der Waals surface area (Å²) in [6, 6.07) is 24.5. The molecule has 6 nitrogen and oxygen atoms in total. The van der Waals surface area contributed by atoms with Crippen molar-refractivity contribution in [3.05, 3.63) is 90.5 Å². The summed E-state index contributed by atoms with van der Waals surface area (Å²) in [6.45, 7) is 0. The van der Waals surface area contributed by atoms with Crippen molar-refractivity contribution in [2.24, 2.45) is 5.73 Å². The average Bonchev–Trinajstić information content (AvgIpc) is 2.67. The predicted molar refractivity (Wildman–Crippen MR) is 108 cm³/mol. The van der Waals surface area contributed by atoms with E-state index in [9.17, 15) is 9.59 Å². The molecule has 3 aromatic rings. The molecule has 0 saturated heterocycles. The number of hydrogen-bond acceptors (Lipinski definition) is 3. The maximum atomic E-state index is 12.1. The van der Waals surface area contributed by atoms with E-state index in [1.165, 1.54) is 0 Å². The molecule has 0 saturated carbocycles. The first-order chi connectivity index (χ1) is 13.1. The number of primary amides is 1. The Balaban J connectivity index is 1.69. The molecule has 1 unspecified atom stereocenters. The van der Waals surface area contributed by atoms with Crippen molar-refractivity contribution in [1.82, 2.24) is 0 Å². The molecule has 0 bridgehead atoms. The van der Waals surface area contributed by atoms with Crippen LogP contribution in [0.25, 0.3) is 0 Å². The van der Waals surface area contributed by atoms with Crippen LogP contribution < -0.4 is 21.7 Å². The van der Waals surface area contributed by atoms with Gasteiger partial charge in [-0.3, -0.25) is 4.79 Å². The molecule has 1 atom stereocenters. The molecule has 0 aliphatic rings. The van der Waals surface area contributed by atoms with Gasteiger partial charge >= 0.3 is 6.03 Å². The van der Waals surface area contributed by atoms with E-state index in [4.69, 9.17) is 5.73 Å². The van der Waals surface area contributed by atoms with E-state index in [-0.39, 0.29) is 6.03 Å². The zero-order chi connectivity index (χ0) is 19.1. The van der Waals surface area contributed by atoms with Crippen LogP contribution >= 0.6 is 0 Å². The summed E-state index contributed by atoms with van der Waals surface area (Å²) >= 11 is 0. The second-order valence-electron chi connectivity index (χ2n) is 5.92. The number of para-hydroxylation sites is 1. The molecule has 3 amide bonds. The van der Waals surface area contributed by atoms with Gasteiger partial charge in [0.15, 0.2) is 0 Å². The van der Waals surface area contributed by atoms with Gasteiger partial charge in [-0.15, -0.1) is 0 Å². The van der Waals surface area contributed by atoms with Gasteiger partial charge in [-0.05, 0) is 35.9 Å². The Morgan fingerprint density at radius 3 is 1.93 bits per heavy atom. The third-order valence-corrected chi connectivity index (χ3v) is 3.88. The molecule has 3 rings (SSSR count). The maximum Gasteiger partial charge on any atom is 0.323 e. The Labute approximate surface area is 157 Å². The van der Waals surface area contributed by atoms with Crippen LogP contribution in [0.1, 0.15) is 11.6 Å². The van der Waals surface area contributed by atoms with E-state index in [0.717, 1.165) is 5.56 Å². The lowest BCUT2D eigenvalue weighted by molar-refractivity contribution is -0.118. The molecule has 0 spiro atoms. The van der Waals surface area contributed by atoms with Crippen LogP contribution in [0.4, 0.5) is 21.9 Å². The van der Waals surface area contributed by atoms with Crippen LogP contribution in [0.2, 0.25) is 0 Å². The highest BCUT2D eigenvalue weighted by molar-refractivity contribution is 6.00. The summed E-state index contributed by atoms with van der Waals surface area (Å²) in [5, 5.41) is 8.63. The molecule has 6 heteroatoms. The number of amides is 3. The molecular formula is C21H20N4O2. The monoisotopic (exact) mass is 360 g/mol. The number of hydrogen-bond donors (Lipinski definition) is 4. The molecule has 5 N–H and O–H groups in total. The van der Waals surface area contributed by atoms with E-state index in [0.29, 0.717) is 17.1 Å². The minimum Gasteiger partial charge on any atom is -0.370 e. The van der Waals surface area contributed by atoms with Crippen molar-refractivity contribution < 1.29 is 9.59 Å². The number of benzene rings is 3. The molecule has 27 heavy (non-hydrogen) atoms. The number of rotatable bonds is 6. The second-order valence-corrected chi connectivity index (χ2v) is 5.92. The zero-order valence-electron chi connectivity index (χ0n) is 14.6. The topological polar surface area (TPSA) is 96.2 Å². The first kappa shape index (κ1) is 18.0. The molecular weight excluding hydrogens is 340 g/mol. The molecule has 0 heterocycles. The standard InChI is InChI=1S/C21H20N4O2/c22-20(26)19(15-8-3-1-4-9-15)23-17-12-7-13-18(14-17)25-21(27)24-16-10-5-2-6-11-16/h1-14,19,23H,(H2,22,26)(H2,24,25,27). The fourth-order valence-electron chi connectivity index (χ4n) is 2.63. The van der Waals surface area contributed by atoms with Crippen molar-refractivity contribution in [3.63, 3.8) is 0 Å². The summed E-state index contributed by atoms with van der Waals surface area (Å²) in [7, 11) is 0. The maximum absolute atomic E-state index is 12.1. The molecule has 136 valence electrons. The third-order valence-electron chi connectivity index (χ3n) is 3.88. The molecule has 3 aromatic carbocycles. The van der Waals surface area contributed by atoms with Crippen molar-refractivity contribution in [3.8, 4) is 0 Å². The van der Waals surface area contributed by atoms with Crippen LogP contribution in [0, 0.1) is 0 Å². The van der Waals surface area contributed by atoms with Gasteiger partial charge in [-0.25, -0.2) is 4.79 Å². The van der Waals surface area contributed by atoms with Gasteiger partial charge in [0.2, 0.25) is 5.91 Å². The SMILES string of the molecule is NC(=O)C(Nc1cccc(NC(=O)Nc2ccccc2)c1)c1ccccc1. The summed E-state index contributed by atoms with van der Waals surface area (Å²) in [6.07, 6.45) is 0. The smallest absolute Gasteiger partial charge is 0.323 e.